The highest BCUT2D eigenvalue weighted by atomic mass is 79.9. The molecule has 2 amide bonds. The number of amides is 2. The molecule has 0 bridgehead atoms. The van der Waals surface area contributed by atoms with E-state index in [0.717, 1.165) is 10.0 Å². The third-order valence-corrected chi connectivity index (χ3v) is 3.41. The number of aliphatic hydroxyl groups is 1. The molecule has 0 aromatic heterocycles. The molecule has 0 aliphatic heterocycles. The Hall–Kier alpha value is -1.07. The van der Waals surface area contributed by atoms with Crippen LogP contribution in [0.2, 0.25) is 0 Å². The number of hydrogen-bond donors (Lipinski definition) is 3. The summed E-state index contributed by atoms with van der Waals surface area (Å²) in [6.45, 7) is 5.30. The highest BCUT2D eigenvalue weighted by molar-refractivity contribution is 9.10. The largest absolute Gasteiger partial charge is 0.396 e. The number of aliphatic hydroxyl groups excluding tert-OH is 1. The van der Waals surface area contributed by atoms with Gasteiger partial charge in [0.2, 0.25) is 0 Å². The second-order valence-corrected chi connectivity index (χ2v) is 6.00. The smallest absolute Gasteiger partial charge is 0.314 e. The fraction of sp³-hybridized carbons (Fsp3) is 0.500. The Morgan fingerprint density at radius 3 is 2.74 bits per heavy atom. The minimum atomic E-state index is -0.198. The Morgan fingerprint density at radius 2 is 2.11 bits per heavy atom. The summed E-state index contributed by atoms with van der Waals surface area (Å²) in [4.78, 5) is 11.5. The van der Waals surface area contributed by atoms with E-state index in [0.29, 0.717) is 19.5 Å². The van der Waals surface area contributed by atoms with Crippen LogP contribution in [0, 0.1) is 0 Å². The lowest BCUT2D eigenvalue weighted by molar-refractivity contribution is 0.235. The molecule has 106 valence electrons. The van der Waals surface area contributed by atoms with Crippen LogP contribution in [-0.4, -0.2) is 30.8 Å². The van der Waals surface area contributed by atoms with Gasteiger partial charge in [0.25, 0.3) is 0 Å². The molecule has 4 nitrogen and oxygen atoms in total. The molecule has 0 saturated carbocycles. The van der Waals surface area contributed by atoms with Crippen molar-refractivity contribution in [2.24, 2.45) is 0 Å². The predicted molar refractivity (Wildman–Crippen MR) is 80.3 cm³/mol. The summed E-state index contributed by atoms with van der Waals surface area (Å²) >= 11 is 3.45. The van der Waals surface area contributed by atoms with E-state index in [1.807, 2.05) is 12.1 Å². The van der Waals surface area contributed by atoms with Crippen LogP contribution in [0.1, 0.15) is 25.8 Å². The number of hydrogen-bond acceptors (Lipinski definition) is 2. The van der Waals surface area contributed by atoms with Gasteiger partial charge in [-0.1, -0.05) is 41.9 Å². The summed E-state index contributed by atoms with van der Waals surface area (Å²) in [5, 5.41) is 14.2. The quantitative estimate of drug-likeness (QED) is 0.702. The first kappa shape index (κ1) is 16.0. The summed E-state index contributed by atoms with van der Waals surface area (Å²) in [5.41, 5.74) is 1.02. The van der Waals surface area contributed by atoms with E-state index in [1.54, 1.807) is 0 Å². The number of urea groups is 1. The number of rotatable bonds is 6. The van der Waals surface area contributed by atoms with E-state index in [9.17, 15) is 4.79 Å². The van der Waals surface area contributed by atoms with Crippen LogP contribution in [0.15, 0.2) is 28.7 Å². The second-order valence-electron chi connectivity index (χ2n) is 5.08. The van der Waals surface area contributed by atoms with Crippen LogP contribution >= 0.6 is 15.9 Å². The van der Waals surface area contributed by atoms with Crippen molar-refractivity contribution in [1.29, 1.82) is 0 Å². The Morgan fingerprint density at radius 1 is 1.37 bits per heavy atom. The molecule has 0 atom stereocenters. The lowest BCUT2D eigenvalue weighted by atomic mass is 9.85. The minimum Gasteiger partial charge on any atom is -0.396 e. The molecule has 0 aliphatic rings. The maximum atomic E-state index is 11.5. The molecule has 1 aromatic carbocycles. The van der Waals surface area contributed by atoms with Gasteiger partial charge in [0.05, 0.1) is 0 Å². The maximum absolute atomic E-state index is 11.5. The van der Waals surface area contributed by atoms with Gasteiger partial charge in [-0.25, -0.2) is 4.79 Å². The number of nitrogens with one attached hydrogen (secondary N) is 2. The molecule has 3 N–H and O–H groups in total. The summed E-state index contributed by atoms with van der Waals surface area (Å²) in [5.74, 6) is 0. The van der Waals surface area contributed by atoms with Crippen LogP contribution in [0.25, 0.3) is 0 Å². The van der Waals surface area contributed by atoms with Crippen molar-refractivity contribution in [1.82, 2.24) is 10.6 Å². The maximum Gasteiger partial charge on any atom is 0.314 e. The molecule has 0 radical (unpaired) electrons. The van der Waals surface area contributed by atoms with E-state index in [-0.39, 0.29) is 18.1 Å². The standard InChI is InChI=1S/C14H21BrN2O2/c1-14(2,11-5-3-6-12(15)9-11)10-17-13(19)16-7-4-8-18/h3,5-6,9,18H,4,7-8,10H2,1-2H3,(H2,16,17,19). The molecule has 0 aliphatic carbocycles. The topological polar surface area (TPSA) is 61.4 Å². The number of halogens is 1. The van der Waals surface area contributed by atoms with Crippen LogP contribution in [0.5, 0.6) is 0 Å². The van der Waals surface area contributed by atoms with Gasteiger partial charge in [-0.2, -0.15) is 0 Å². The van der Waals surface area contributed by atoms with Gasteiger partial charge in [0.15, 0.2) is 0 Å². The average Bonchev–Trinajstić information content (AvgIpc) is 2.37. The summed E-state index contributed by atoms with van der Waals surface area (Å²) in [6.07, 6.45) is 0.572. The Kier molecular flexibility index (Phi) is 6.31. The average molecular weight is 329 g/mol. The van der Waals surface area contributed by atoms with Gasteiger partial charge in [-0.15, -0.1) is 0 Å². The highest BCUT2D eigenvalue weighted by Gasteiger charge is 2.21. The van der Waals surface area contributed by atoms with Crippen molar-refractivity contribution in [2.45, 2.75) is 25.7 Å². The number of benzene rings is 1. The first-order chi connectivity index (χ1) is 8.95. The molecule has 0 saturated heterocycles. The number of carbonyl (C=O) groups is 1. The van der Waals surface area contributed by atoms with Gasteiger partial charge >= 0.3 is 6.03 Å². The van der Waals surface area contributed by atoms with Gasteiger partial charge in [-0.3, -0.25) is 0 Å². The first-order valence-electron chi connectivity index (χ1n) is 6.34. The number of carbonyl (C=O) groups excluding carboxylic acids is 1. The first-order valence-corrected chi connectivity index (χ1v) is 7.13. The van der Waals surface area contributed by atoms with Crippen LogP contribution in [0.3, 0.4) is 0 Å². The van der Waals surface area contributed by atoms with Crippen molar-refractivity contribution in [2.75, 3.05) is 19.7 Å². The van der Waals surface area contributed by atoms with E-state index < -0.39 is 0 Å². The minimum absolute atomic E-state index is 0.0871. The Bertz CT molecular complexity index is 422. The molecule has 0 heterocycles. The van der Waals surface area contributed by atoms with Crippen LogP contribution < -0.4 is 10.6 Å². The zero-order valence-corrected chi connectivity index (χ0v) is 13.0. The van der Waals surface area contributed by atoms with Gasteiger partial charge in [0, 0.05) is 29.6 Å². The van der Waals surface area contributed by atoms with Crippen LogP contribution in [-0.2, 0) is 5.41 Å². The zero-order chi connectivity index (χ0) is 14.3. The molecule has 0 fully saturated rings. The monoisotopic (exact) mass is 328 g/mol. The molecule has 19 heavy (non-hydrogen) atoms. The van der Waals surface area contributed by atoms with Gasteiger partial charge < -0.3 is 15.7 Å². The van der Waals surface area contributed by atoms with Crippen molar-refractivity contribution in [3.05, 3.63) is 34.3 Å². The zero-order valence-electron chi connectivity index (χ0n) is 11.4. The van der Waals surface area contributed by atoms with Crippen molar-refractivity contribution >= 4 is 22.0 Å². The fourth-order valence-corrected chi connectivity index (χ4v) is 2.06. The molecule has 0 unspecified atom stereocenters. The van der Waals surface area contributed by atoms with Gasteiger partial charge in [0.1, 0.15) is 0 Å². The van der Waals surface area contributed by atoms with Gasteiger partial charge in [-0.05, 0) is 24.1 Å². The highest BCUT2D eigenvalue weighted by Crippen LogP contribution is 2.24. The molecule has 0 spiro atoms. The third-order valence-electron chi connectivity index (χ3n) is 2.92. The van der Waals surface area contributed by atoms with E-state index in [1.165, 1.54) is 0 Å². The molecule has 1 aromatic rings. The SMILES string of the molecule is CC(C)(CNC(=O)NCCCO)c1cccc(Br)c1. The molecular weight excluding hydrogens is 308 g/mol. The van der Waals surface area contributed by atoms with Crippen molar-refractivity contribution in [3.63, 3.8) is 0 Å². The summed E-state index contributed by atoms with van der Waals surface area (Å²) < 4.78 is 1.03. The summed E-state index contributed by atoms with van der Waals surface area (Å²) in [7, 11) is 0. The molecule has 5 heteroatoms. The lowest BCUT2D eigenvalue weighted by Gasteiger charge is -2.26. The lowest BCUT2D eigenvalue weighted by Crippen LogP contribution is -2.42. The second kappa shape index (κ2) is 7.50. The van der Waals surface area contributed by atoms with E-state index >= 15 is 0 Å². The van der Waals surface area contributed by atoms with E-state index in [2.05, 4.69) is 52.5 Å². The predicted octanol–water partition coefficient (Wildman–Crippen LogP) is 2.41. The van der Waals surface area contributed by atoms with Crippen LogP contribution in [0.4, 0.5) is 4.79 Å². The Balaban J connectivity index is 2.48. The van der Waals surface area contributed by atoms with Crippen molar-refractivity contribution < 1.29 is 9.90 Å². The normalized spacial score (nSPS) is 11.2. The molecular formula is C14H21BrN2O2. The summed E-state index contributed by atoms with van der Waals surface area (Å²) in [6, 6.07) is 7.88. The molecule has 1 rings (SSSR count). The van der Waals surface area contributed by atoms with Crippen molar-refractivity contribution in [3.8, 4) is 0 Å². The Labute approximate surface area is 122 Å². The third kappa shape index (κ3) is 5.61. The fourth-order valence-electron chi connectivity index (χ4n) is 1.66. The van der Waals surface area contributed by atoms with E-state index in [4.69, 9.17) is 5.11 Å².